The van der Waals surface area contributed by atoms with Gasteiger partial charge >= 0.3 is 5.97 Å². The number of thiophene rings is 2. The number of carbonyl (C=O) groups is 2. The maximum Gasteiger partial charge on any atom is 0.306 e. The lowest BCUT2D eigenvalue weighted by Crippen LogP contribution is -2.49. The number of piperazine rings is 1. The molecule has 15 nitrogen and oxygen atoms in total. The Labute approximate surface area is 361 Å². The van der Waals surface area contributed by atoms with Crippen LogP contribution in [0.3, 0.4) is 0 Å². The summed E-state index contributed by atoms with van der Waals surface area (Å²) in [5.41, 5.74) is 5.81. The number of halogens is 2. The molecule has 2 aliphatic carbocycles. The summed E-state index contributed by atoms with van der Waals surface area (Å²) in [6, 6.07) is 7.71. The van der Waals surface area contributed by atoms with Crippen molar-refractivity contribution in [3.8, 4) is 0 Å². The molecule has 1 saturated heterocycles. The summed E-state index contributed by atoms with van der Waals surface area (Å²) in [6.45, 7) is 3.55. The number of aliphatic carboxylic acids is 1. The van der Waals surface area contributed by atoms with E-state index in [0.29, 0.717) is 41.0 Å². The number of carboxylic acid groups (broad SMARTS) is 1. The van der Waals surface area contributed by atoms with Crippen LogP contribution in [0.5, 0.6) is 0 Å². The van der Waals surface area contributed by atoms with E-state index in [4.69, 9.17) is 23.2 Å². The Morgan fingerprint density at radius 1 is 0.733 bits per heavy atom. The van der Waals surface area contributed by atoms with Crippen molar-refractivity contribution in [2.75, 3.05) is 43.9 Å². The van der Waals surface area contributed by atoms with E-state index < -0.39 is 5.97 Å². The van der Waals surface area contributed by atoms with Crippen LogP contribution < -0.4 is 10.6 Å². The molecule has 1 amide bonds. The molecule has 0 unspecified atom stereocenters. The molecule has 306 valence electrons. The Balaban J connectivity index is 0.000000147. The smallest absolute Gasteiger partial charge is 0.306 e. The third-order valence-corrected chi connectivity index (χ3v) is 14.6. The number of amides is 1. The molecule has 0 saturated carbocycles. The molecule has 3 aliphatic rings. The van der Waals surface area contributed by atoms with E-state index in [0.717, 1.165) is 105 Å². The summed E-state index contributed by atoms with van der Waals surface area (Å²) in [5.74, 6) is 0.745. The number of nitrogens with one attached hydrogen (secondary N) is 2. The van der Waals surface area contributed by atoms with Gasteiger partial charge in [0.25, 0.3) is 0 Å². The van der Waals surface area contributed by atoms with Gasteiger partial charge in [-0.15, -0.1) is 22.7 Å². The number of anilines is 4. The molecule has 0 bridgehead atoms. The largest absolute Gasteiger partial charge is 0.481 e. The molecule has 0 aromatic carbocycles. The lowest BCUT2D eigenvalue weighted by atomic mass is 9.86. The van der Waals surface area contributed by atoms with Gasteiger partial charge in [-0.1, -0.05) is 23.2 Å². The maximum absolute atomic E-state index is 13.2. The van der Waals surface area contributed by atoms with Crippen molar-refractivity contribution in [2.24, 2.45) is 11.8 Å². The second-order valence-electron chi connectivity index (χ2n) is 15.4. The molecule has 9 heterocycles. The number of aryl methyl sites for hydroxylation is 2. The number of rotatable bonds is 6. The standard InChI is InChI=1S/C23H24ClN7OS.C18H14ClN5O2S/c1-29-6-8-30(9-7-29)23(32)14-2-3-16-19(10-14)33-22-20(16)21(25-13-26-22)28-18-11-15-4-5-27-31(15)12-17(18)24;19-12-7-24-10(3-4-22-24)6-13(12)23-16-15-11-2-1-9(18(25)26)5-14(11)27-17(15)21-8-20-16/h4-5,11-14H,2-3,6-10H2,1H3,(H,25,26,28);3-4,6-9H,1-2,5H2,(H,25,26)(H,20,21,23)/t14-;9-/m00/s1. The first-order chi connectivity index (χ1) is 29.2. The first-order valence-electron chi connectivity index (χ1n) is 19.7. The topological polar surface area (TPSA) is 171 Å². The van der Waals surface area contributed by atoms with E-state index in [1.807, 2.05) is 29.2 Å². The molecule has 2 atom stereocenters. The Morgan fingerprint density at radius 2 is 1.23 bits per heavy atom. The van der Waals surface area contributed by atoms with E-state index in [-0.39, 0.29) is 11.8 Å². The fraction of sp³-hybridized carbons (Fsp3) is 0.317. The van der Waals surface area contributed by atoms with Crippen molar-refractivity contribution in [1.29, 1.82) is 0 Å². The van der Waals surface area contributed by atoms with Crippen molar-refractivity contribution in [3.63, 3.8) is 0 Å². The summed E-state index contributed by atoms with van der Waals surface area (Å²) >= 11 is 16.1. The Hall–Kier alpha value is -5.46. The van der Waals surface area contributed by atoms with Gasteiger partial charge in [0.15, 0.2) is 0 Å². The number of carboxylic acids is 1. The summed E-state index contributed by atoms with van der Waals surface area (Å²) in [7, 11) is 2.11. The van der Waals surface area contributed by atoms with Crippen molar-refractivity contribution in [1.82, 2.24) is 49.0 Å². The molecule has 0 spiro atoms. The van der Waals surface area contributed by atoms with Gasteiger partial charge in [0.1, 0.15) is 34.0 Å². The van der Waals surface area contributed by atoms with Crippen LogP contribution in [-0.2, 0) is 35.3 Å². The lowest BCUT2D eigenvalue weighted by molar-refractivity contribution is -0.142. The predicted molar refractivity (Wildman–Crippen MR) is 235 cm³/mol. The van der Waals surface area contributed by atoms with Gasteiger partial charge in [0, 0.05) is 66.6 Å². The minimum Gasteiger partial charge on any atom is -0.481 e. The number of aromatic nitrogens is 8. The molecule has 8 aromatic heterocycles. The second-order valence-corrected chi connectivity index (χ2v) is 18.4. The fourth-order valence-electron chi connectivity index (χ4n) is 8.44. The monoisotopic (exact) mass is 880 g/mol. The van der Waals surface area contributed by atoms with Gasteiger partial charge in [-0.3, -0.25) is 9.59 Å². The Kier molecular flexibility index (Phi) is 10.2. The third kappa shape index (κ3) is 7.27. The molecular weight excluding hydrogens is 844 g/mol. The van der Waals surface area contributed by atoms with Crippen molar-refractivity contribution in [2.45, 2.75) is 38.5 Å². The highest BCUT2D eigenvalue weighted by atomic mass is 35.5. The zero-order valence-electron chi connectivity index (χ0n) is 32.3. The molecule has 19 heteroatoms. The first-order valence-corrected chi connectivity index (χ1v) is 22.1. The molecule has 1 aliphatic heterocycles. The third-order valence-electron chi connectivity index (χ3n) is 11.7. The van der Waals surface area contributed by atoms with Gasteiger partial charge in [0.05, 0.1) is 49.1 Å². The fourth-order valence-corrected chi connectivity index (χ4v) is 11.4. The van der Waals surface area contributed by atoms with Gasteiger partial charge in [0.2, 0.25) is 5.91 Å². The van der Waals surface area contributed by atoms with Crippen LogP contribution >= 0.6 is 45.9 Å². The van der Waals surface area contributed by atoms with Crippen LogP contribution in [0.2, 0.25) is 10.0 Å². The summed E-state index contributed by atoms with van der Waals surface area (Å²) in [5, 5.41) is 27.6. The van der Waals surface area contributed by atoms with E-state index in [1.54, 1.807) is 62.8 Å². The normalized spacial score (nSPS) is 18.0. The predicted octanol–water partition coefficient (Wildman–Crippen LogP) is 7.54. The van der Waals surface area contributed by atoms with Gasteiger partial charge in [-0.2, -0.15) is 10.2 Å². The van der Waals surface area contributed by atoms with Crippen LogP contribution in [0, 0.1) is 11.8 Å². The van der Waals surface area contributed by atoms with Crippen LogP contribution in [0.15, 0.2) is 61.7 Å². The van der Waals surface area contributed by atoms with Crippen molar-refractivity contribution >= 4 is 112 Å². The minimum absolute atomic E-state index is 0.0528. The number of pyridine rings is 2. The van der Waals surface area contributed by atoms with Crippen LogP contribution in [0.1, 0.15) is 33.7 Å². The molecule has 8 aromatic rings. The molecule has 1 fully saturated rings. The zero-order valence-corrected chi connectivity index (χ0v) is 35.5. The average Bonchev–Trinajstić information content (AvgIpc) is 4.06. The lowest BCUT2D eigenvalue weighted by Gasteiger charge is -2.35. The molecule has 60 heavy (non-hydrogen) atoms. The number of fused-ring (bicyclic) bond motifs is 8. The first kappa shape index (κ1) is 38.7. The Morgan fingerprint density at radius 3 is 1.75 bits per heavy atom. The van der Waals surface area contributed by atoms with E-state index in [9.17, 15) is 14.7 Å². The number of nitrogens with zero attached hydrogens (tertiary/aromatic N) is 10. The van der Waals surface area contributed by atoms with Gasteiger partial charge in [-0.25, -0.2) is 29.0 Å². The number of hydrogen-bond acceptors (Lipinski definition) is 13. The van der Waals surface area contributed by atoms with E-state index >= 15 is 0 Å². The quantitative estimate of drug-likeness (QED) is 0.150. The van der Waals surface area contributed by atoms with Crippen molar-refractivity contribution < 1.29 is 14.7 Å². The number of hydrogen-bond donors (Lipinski definition) is 3. The van der Waals surface area contributed by atoms with E-state index in [1.165, 1.54) is 16.8 Å². The minimum atomic E-state index is -0.733. The SMILES string of the molecule is CN1CCN(C(=O)[C@H]2CCc3c(sc4ncnc(Nc5cc6ccnn6cc5Cl)c34)C2)CC1.O=C(O)[C@H]1CCc2c(sc3ncnc(Nc4cc5ccnn5cc4Cl)c23)C1. The van der Waals surface area contributed by atoms with Crippen LogP contribution in [-0.4, -0.2) is 99.2 Å². The Bertz CT molecular complexity index is 2960. The summed E-state index contributed by atoms with van der Waals surface area (Å²) < 4.78 is 3.45. The number of carbonyl (C=O) groups excluding carboxylic acids is 1. The van der Waals surface area contributed by atoms with E-state index in [2.05, 4.69) is 52.7 Å². The second kappa shape index (κ2) is 15.9. The number of likely N-dealkylation sites (N-methyl/N-ethyl adjacent to an activating group) is 1. The maximum atomic E-state index is 13.2. The summed E-state index contributed by atoms with van der Waals surface area (Å²) in [6.07, 6.45) is 14.5. The van der Waals surface area contributed by atoms with Crippen LogP contribution in [0.25, 0.3) is 31.5 Å². The highest BCUT2D eigenvalue weighted by molar-refractivity contribution is 7.19. The molecule has 0 radical (unpaired) electrons. The molecule has 11 rings (SSSR count). The van der Waals surface area contributed by atoms with Crippen molar-refractivity contribution in [3.05, 3.63) is 92.6 Å². The van der Waals surface area contributed by atoms with Gasteiger partial charge < -0.3 is 25.5 Å². The average molecular weight is 882 g/mol. The summed E-state index contributed by atoms with van der Waals surface area (Å²) in [4.78, 5) is 50.9. The van der Waals surface area contributed by atoms with Crippen LogP contribution in [0.4, 0.5) is 23.0 Å². The molecular formula is C41H38Cl2N12O3S2. The highest BCUT2D eigenvalue weighted by Gasteiger charge is 2.33. The highest BCUT2D eigenvalue weighted by Crippen LogP contribution is 2.43. The van der Waals surface area contributed by atoms with Gasteiger partial charge in [-0.05, 0) is 81.0 Å². The zero-order chi connectivity index (χ0) is 41.1. The molecule has 3 N–H and O–H groups in total.